The lowest BCUT2D eigenvalue weighted by molar-refractivity contribution is 0.0924. The molecule has 2 aliphatic carbocycles. The van der Waals surface area contributed by atoms with E-state index in [1.807, 2.05) is 4.68 Å². The molecule has 1 spiro atoms. The Balaban J connectivity index is 1.18. The highest BCUT2D eigenvalue weighted by Crippen LogP contribution is 2.55. The Morgan fingerprint density at radius 1 is 1.22 bits per heavy atom. The van der Waals surface area contributed by atoms with E-state index >= 15 is 0 Å². The Kier molecular flexibility index (Phi) is 7.52. The van der Waals surface area contributed by atoms with Crippen molar-refractivity contribution < 1.29 is 14.1 Å². The van der Waals surface area contributed by atoms with Gasteiger partial charge in [0.2, 0.25) is 0 Å². The van der Waals surface area contributed by atoms with E-state index in [0.29, 0.717) is 52.8 Å². The molecule has 0 bridgehead atoms. The Morgan fingerprint density at radius 2 is 2.08 bits per heavy atom. The number of fused-ring (bicyclic) bond motifs is 5. The summed E-state index contributed by atoms with van der Waals surface area (Å²) in [5.41, 5.74) is 10.0. The number of nitrogens with zero attached hydrogens (tertiary/aromatic N) is 9. The second-order valence-electron chi connectivity index (χ2n) is 14.2. The predicted molar refractivity (Wildman–Crippen MR) is 185 cm³/mol. The fourth-order valence-corrected chi connectivity index (χ4v) is 10.0. The van der Waals surface area contributed by atoms with Crippen molar-refractivity contribution in [1.82, 2.24) is 44.9 Å². The molecule has 5 aromatic rings. The second kappa shape index (κ2) is 12.0. The molecule has 0 radical (unpaired) electrons. The molecule has 0 saturated carbocycles. The van der Waals surface area contributed by atoms with Gasteiger partial charge in [-0.05, 0) is 89.9 Å². The molecule has 14 nitrogen and oxygen atoms in total. The van der Waals surface area contributed by atoms with Crippen molar-refractivity contribution in [2.24, 2.45) is 0 Å². The lowest BCUT2D eigenvalue weighted by atomic mass is 9.63. The number of aryl methyl sites for hydroxylation is 1. The summed E-state index contributed by atoms with van der Waals surface area (Å²) >= 11 is 1.53. The molecule has 2 aliphatic heterocycles. The SMILES string of the molecule is C[C@@H]([C@@H]1CCCN1C)n1ncc2c(-n3ccc(C(=O)N[C@@H]4CCOC4)n3)nc(-c3noc4c3CCC[C@@]43CCCc4sc(N)c(C#N)c43)nc21. The Hall–Kier alpha value is -4.65. The minimum atomic E-state index is -0.462. The highest BCUT2D eigenvalue weighted by atomic mass is 32.1. The number of ether oxygens (including phenoxy) is 1. The van der Waals surface area contributed by atoms with Crippen molar-refractivity contribution in [3.05, 3.63) is 51.5 Å². The largest absolute Gasteiger partial charge is 0.389 e. The number of rotatable bonds is 6. The smallest absolute Gasteiger partial charge is 0.272 e. The number of carbonyl (C=O) groups excluding carboxylic acids is 1. The van der Waals surface area contributed by atoms with Gasteiger partial charge in [0.25, 0.3) is 5.91 Å². The number of nitrogen functional groups attached to an aromatic ring is 1. The number of nitrogens with one attached hydrogen (secondary N) is 1. The third-order valence-electron chi connectivity index (χ3n) is 11.3. The molecule has 258 valence electrons. The van der Waals surface area contributed by atoms with Crippen LogP contribution in [-0.2, 0) is 23.0 Å². The van der Waals surface area contributed by atoms with Crippen LogP contribution in [0.3, 0.4) is 0 Å². The van der Waals surface area contributed by atoms with Crippen molar-refractivity contribution in [3.63, 3.8) is 0 Å². The van der Waals surface area contributed by atoms with Crippen LogP contribution >= 0.6 is 11.3 Å². The number of anilines is 1. The first kappa shape index (κ1) is 31.3. The average Bonchev–Trinajstić information content (AvgIpc) is 3.96. The van der Waals surface area contributed by atoms with Crippen LogP contribution in [0.15, 0.2) is 23.0 Å². The molecule has 0 unspecified atom stereocenters. The van der Waals surface area contributed by atoms with Gasteiger partial charge in [-0.15, -0.1) is 11.3 Å². The predicted octanol–water partition coefficient (Wildman–Crippen LogP) is 4.31. The van der Waals surface area contributed by atoms with Crippen molar-refractivity contribution in [2.75, 3.05) is 32.5 Å². The first-order valence-electron chi connectivity index (χ1n) is 17.6. The number of thiophene rings is 1. The Bertz CT molecular complexity index is 2160. The number of likely N-dealkylation sites (tertiary alicyclic amines) is 1. The van der Waals surface area contributed by atoms with Crippen LogP contribution in [0.25, 0.3) is 28.4 Å². The van der Waals surface area contributed by atoms with Crippen LogP contribution in [-0.4, -0.2) is 84.4 Å². The summed E-state index contributed by atoms with van der Waals surface area (Å²) in [5.74, 6) is 1.45. The van der Waals surface area contributed by atoms with E-state index in [2.05, 4.69) is 40.5 Å². The van der Waals surface area contributed by atoms with Crippen LogP contribution in [0, 0.1) is 11.3 Å². The second-order valence-corrected chi connectivity index (χ2v) is 15.3. The van der Waals surface area contributed by atoms with Crippen LogP contribution < -0.4 is 11.1 Å². The summed E-state index contributed by atoms with van der Waals surface area (Å²) in [7, 11) is 2.16. The summed E-state index contributed by atoms with van der Waals surface area (Å²) in [6.07, 6.45) is 11.8. The molecular weight excluding hydrogens is 655 g/mol. The maximum Gasteiger partial charge on any atom is 0.272 e. The molecule has 2 saturated heterocycles. The number of amides is 1. The summed E-state index contributed by atoms with van der Waals surface area (Å²) < 4.78 is 15.4. The van der Waals surface area contributed by atoms with E-state index in [4.69, 9.17) is 30.1 Å². The zero-order valence-corrected chi connectivity index (χ0v) is 29.0. The molecule has 4 aliphatic rings. The van der Waals surface area contributed by atoms with Crippen LogP contribution in [0.1, 0.15) is 95.7 Å². The molecule has 0 aromatic carbocycles. The number of hydrogen-bond donors (Lipinski definition) is 2. The van der Waals surface area contributed by atoms with E-state index < -0.39 is 5.41 Å². The third kappa shape index (κ3) is 4.79. The lowest BCUT2D eigenvalue weighted by Gasteiger charge is -2.39. The molecule has 50 heavy (non-hydrogen) atoms. The number of aromatic nitrogens is 7. The minimum Gasteiger partial charge on any atom is -0.389 e. The van der Waals surface area contributed by atoms with E-state index in [1.54, 1.807) is 23.1 Å². The van der Waals surface area contributed by atoms with Gasteiger partial charge in [-0.3, -0.25) is 4.79 Å². The fraction of sp³-hybridized carbons (Fsp3) is 0.514. The van der Waals surface area contributed by atoms with Gasteiger partial charge < -0.3 is 25.2 Å². The van der Waals surface area contributed by atoms with Gasteiger partial charge in [0, 0.05) is 29.3 Å². The number of carbonyl (C=O) groups is 1. The standard InChI is InChI=1S/C35H39N11O3S/c1-19(25-7-5-13-44(25)2)46-33-23(17-38-46)32(45-14-9-24(42-45)34(47)39-20-10-15-48-18-20)40-31(41-33)28-21-6-3-11-35(29(21)49-43-28)12-4-8-26-27(35)22(16-36)30(37)50-26/h9,14,17,19-20,25H,3-8,10-13,15,18,37H2,1-2H3,(H,39,47)/t19-,20+,25-,35-/m0/s1. The van der Waals surface area contributed by atoms with Gasteiger partial charge in [-0.25, -0.2) is 19.3 Å². The summed E-state index contributed by atoms with van der Waals surface area (Å²) in [6, 6.07) is 4.42. The summed E-state index contributed by atoms with van der Waals surface area (Å²) in [5, 5.41) is 28.7. The highest BCUT2D eigenvalue weighted by molar-refractivity contribution is 7.16. The average molecular weight is 694 g/mol. The van der Waals surface area contributed by atoms with Gasteiger partial charge in [0.05, 0.1) is 41.3 Å². The zero-order valence-electron chi connectivity index (χ0n) is 28.2. The van der Waals surface area contributed by atoms with Crippen molar-refractivity contribution >= 4 is 33.3 Å². The molecule has 15 heteroatoms. The van der Waals surface area contributed by atoms with Crippen molar-refractivity contribution in [1.29, 1.82) is 5.26 Å². The Morgan fingerprint density at radius 3 is 2.86 bits per heavy atom. The molecule has 5 aromatic heterocycles. The fourth-order valence-electron chi connectivity index (χ4n) is 8.89. The third-order valence-corrected chi connectivity index (χ3v) is 12.4. The molecule has 2 fully saturated rings. The van der Waals surface area contributed by atoms with E-state index in [-0.39, 0.29) is 23.7 Å². The van der Waals surface area contributed by atoms with Crippen LogP contribution in [0.4, 0.5) is 5.00 Å². The summed E-state index contributed by atoms with van der Waals surface area (Å²) in [4.78, 5) is 26.9. The topological polar surface area (TPSA) is 179 Å². The van der Waals surface area contributed by atoms with Gasteiger partial charge >= 0.3 is 0 Å². The quantitative estimate of drug-likeness (QED) is 0.259. The molecular formula is C35H39N11O3S. The van der Waals surface area contributed by atoms with Gasteiger partial charge in [-0.1, -0.05) is 5.16 Å². The lowest BCUT2D eigenvalue weighted by Crippen LogP contribution is -2.35. The maximum absolute atomic E-state index is 13.1. The number of nitrogens with two attached hydrogens (primary N) is 1. The summed E-state index contributed by atoms with van der Waals surface area (Å²) in [6.45, 7) is 4.36. The van der Waals surface area contributed by atoms with Crippen LogP contribution in [0.5, 0.6) is 0 Å². The van der Waals surface area contributed by atoms with Gasteiger partial charge in [0.1, 0.15) is 11.1 Å². The molecule has 4 atom stereocenters. The molecule has 9 rings (SSSR count). The highest BCUT2D eigenvalue weighted by Gasteiger charge is 2.49. The van der Waals surface area contributed by atoms with Crippen molar-refractivity contribution in [3.8, 4) is 23.4 Å². The Labute approximate surface area is 292 Å². The van der Waals surface area contributed by atoms with Gasteiger partial charge in [-0.2, -0.15) is 15.5 Å². The van der Waals surface area contributed by atoms with Crippen LogP contribution in [0.2, 0.25) is 0 Å². The van der Waals surface area contributed by atoms with E-state index in [1.165, 1.54) is 16.2 Å². The maximum atomic E-state index is 13.1. The minimum absolute atomic E-state index is 0.0323. The molecule has 3 N–H and O–H groups in total. The normalized spacial score (nSPS) is 24.0. The number of likely N-dealkylation sites (N-methyl/N-ethyl adjacent to an activating group) is 1. The number of hydrogen-bond acceptors (Lipinski definition) is 12. The monoisotopic (exact) mass is 693 g/mol. The molecule has 1 amide bonds. The number of nitriles is 1. The first-order valence-corrected chi connectivity index (χ1v) is 18.4. The van der Waals surface area contributed by atoms with E-state index in [9.17, 15) is 10.1 Å². The van der Waals surface area contributed by atoms with Crippen molar-refractivity contribution in [2.45, 2.75) is 88.3 Å². The van der Waals surface area contributed by atoms with Gasteiger partial charge in [0.15, 0.2) is 34.4 Å². The molecule has 7 heterocycles. The first-order chi connectivity index (χ1) is 24.4. The zero-order chi connectivity index (χ0) is 34.1. The van der Waals surface area contributed by atoms with E-state index in [0.717, 1.165) is 86.6 Å².